The van der Waals surface area contributed by atoms with Crippen molar-refractivity contribution in [2.24, 2.45) is 0 Å². The second kappa shape index (κ2) is 2.46. The first kappa shape index (κ1) is 7.35. The highest BCUT2D eigenvalue weighted by Crippen LogP contribution is 2.25. The lowest BCUT2D eigenvalue weighted by Gasteiger charge is -1.92. The van der Waals surface area contributed by atoms with Crippen molar-refractivity contribution in [2.75, 3.05) is 0 Å². The summed E-state index contributed by atoms with van der Waals surface area (Å²) in [7, 11) is 0. The van der Waals surface area contributed by atoms with Crippen LogP contribution >= 0.6 is 11.3 Å². The number of rotatable bonds is 1. The molecule has 0 fully saturated rings. The van der Waals surface area contributed by atoms with Crippen molar-refractivity contribution in [3.8, 4) is 0 Å². The summed E-state index contributed by atoms with van der Waals surface area (Å²) in [4.78, 5) is 2.11. The molecule has 0 amide bonds. The third kappa shape index (κ3) is 1.21. The van der Waals surface area contributed by atoms with Crippen molar-refractivity contribution in [3.05, 3.63) is 28.0 Å². The largest absolute Gasteiger partial charge is 0.507 e. The normalized spacial score (nSPS) is 9.80. The Hall–Kier alpha value is -0.760. The van der Waals surface area contributed by atoms with E-state index >= 15 is 0 Å². The fourth-order valence-electron chi connectivity index (χ4n) is 0.928. The van der Waals surface area contributed by atoms with E-state index in [1.807, 2.05) is 19.9 Å². The molecule has 2 heteroatoms. The minimum absolute atomic E-state index is 0.176. The van der Waals surface area contributed by atoms with Crippen LogP contribution in [0.3, 0.4) is 0 Å². The molecule has 1 aromatic heterocycles. The quantitative estimate of drug-likeness (QED) is 0.617. The first-order valence-corrected chi connectivity index (χ1v) is 3.88. The summed E-state index contributed by atoms with van der Waals surface area (Å²) in [6.45, 7) is 7.46. The Labute approximate surface area is 64.6 Å². The van der Waals surface area contributed by atoms with Gasteiger partial charge in [0.25, 0.3) is 0 Å². The van der Waals surface area contributed by atoms with E-state index in [2.05, 4.69) is 6.58 Å². The summed E-state index contributed by atoms with van der Waals surface area (Å²) in [5.74, 6) is 0.176. The van der Waals surface area contributed by atoms with Crippen LogP contribution < -0.4 is 0 Å². The van der Waals surface area contributed by atoms with E-state index in [1.54, 1.807) is 11.3 Å². The number of thiophene rings is 1. The Bertz CT molecular complexity index is 260. The second-order valence-electron chi connectivity index (χ2n) is 2.32. The van der Waals surface area contributed by atoms with Gasteiger partial charge in [-0.15, -0.1) is 11.3 Å². The van der Waals surface area contributed by atoms with Crippen LogP contribution in [0.25, 0.3) is 5.76 Å². The maximum Gasteiger partial charge on any atom is 0.125 e. The fourth-order valence-corrected chi connectivity index (χ4v) is 1.82. The molecule has 54 valence electrons. The van der Waals surface area contributed by atoms with Gasteiger partial charge in [-0.3, -0.25) is 0 Å². The molecule has 0 bridgehead atoms. The summed E-state index contributed by atoms with van der Waals surface area (Å²) in [5, 5.41) is 9.03. The Kier molecular flexibility index (Phi) is 1.81. The first-order chi connectivity index (χ1) is 4.61. The van der Waals surface area contributed by atoms with Gasteiger partial charge in [0.1, 0.15) is 5.76 Å². The molecule has 0 aliphatic rings. The molecule has 0 aliphatic heterocycles. The van der Waals surface area contributed by atoms with E-state index in [9.17, 15) is 0 Å². The molecule has 0 spiro atoms. The van der Waals surface area contributed by atoms with Crippen LogP contribution in [0.4, 0.5) is 0 Å². The SMILES string of the molecule is C=C(O)c1sc(C)cc1C. The maximum absolute atomic E-state index is 9.03. The zero-order valence-corrected chi connectivity index (χ0v) is 6.96. The summed E-state index contributed by atoms with van der Waals surface area (Å²) < 4.78 is 0. The summed E-state index contributed by atoms with van der Waals surface area (Å²) >= 11 is 1.57. The van der Waals surface area contributed by atoms with Crippen molar-refractivity contribution in [1.82, 2.24) is 0 Å². The van der Waals surface area contributed by atoms with E-state index in [1.165, 1.54) is 4.88 Å². The third-order valence-electron chi connectivity index (χ3n) is 1.30. The van der Waals surface area contributed by atoms with Gasteiger partial charge in [-0.25, -0.2) is 0 Å². The lowest BCUT2D eigenvalue weighted by atomic mass is 10.2. The molecule has 1 aromatic rings. The highest BCUT2D eigenvalue weighted by atomic mass is 32.1. The Morgan fingerprint density at radius 2 is 2.20 bits per heavy atom. The number of hydrogen-bond acceptors (Lipinski definition) is 2. The first-order valence-electron chi connectivity index (χ1n) is 3.06. The zero-order chi connectivity index (χ0) is 7.72. The van der Waals surface area contributed by atoms with E-state index in [-0.39, 0.29) is 5.76 Å². The molecular formula is C8H10OS. The number of hydrogen-bond donors (Lipinski definition) is 1. The maximum atomic E-state index is 9.03. The van der Waals surface area contributed by atoms with Crippen molar-refractivity contribution in [2.45, 2.75) is 13.8 Å². The van der Waals surface area contributed by atoms with Crippen LogP contribution in [0.5, 0.6) is 0 Å². The molecule has 0 unspecified atom stereocenters. The van der Waals surface area contributed by atoms with Crippen LogP contribution in [0.1, 0.15) is 15.3 Å². The van der Waals surface area contributed by atoms with Crippen molar-refractivity contribution in [3.63, 3.8) is 0 Å². The van der Waals surface area contributed by atoms with Crippen LogP contribution in [-0.4, -0.2) is 5.11 Å². The molecule has 0 radical (unpaired) electrons. The summed E-state index contributed by atoms with van der Waals surface area (Å²) in [5.41, 5.74) is 1.11. The molecule has 10 heavy (non-hydrogen) atoms. The van der Waals surface area contributed by atoms with Crippen LogP contribution in [-0.2, 0) is 0 Å². The van der Waals surface area contributed by atoms with Gasteiger partial charge in [-0.05, 0) is 25.5 Å². The lowest BCUT2D eigenvalue weighted by molar-refractivity contribution is 0.515. The average Bonchev–Trinajstić information content (AvgIpc) is 2.10. The Morgan fingerprint density at radius 1 is 1.60 bits per heavy atom. The van der Waals surface area contributed by atoms with Gasteiger partial charge >= 0.3 is 0 Å². The minimum Gasteiger partial charge on any atom is -0.507 e. The monoisotopic (exact) mass is 154 g/mol. The Balaban J connectivity index is 3.15. The van der Waals surface area contributed by atoms with Gasteiger partial charge in [0, 0.05) is 4.88 Å². The molecule has 0 saturated carbocycles. The molecule has 1 rings (SSSR count). The number of aliphatic hydroxyl groups excluding tert-OH is 1. The van der Waals surface area contributed by atoms with Gasteiger partial charge in [-0.2, -0.15) is 0 Å². The van der Waals surface area contributed by atoms with E-state index in [0.29, 0.717) is 0 Å². The van der Waals surface area contributed by atoms with Crippen LogP contribution in [0, 0.1) is 13.8 Å². The summed E-state index contributed by atoms with van der Waals surface area (Å²) in [6, 6.07) is 2.04. The highest BCUT2D eigenvalue weighted by molar-refractivity contribution is 7.13. The lowest BCUT2D eigenvalue weighted by Crippen LogP contribution is -1.75. The van der Waals surface area contributed by atoms with Crippen molar-refractivity contribution < 1.29 is 5.11 Å². The third-order valence-corrected chi connectivity index (χ3v) is 2.50. The van der Waals surface area contributed by atoms with E-state index < -0.39 is 0 Å². The van der Waals surface area contributed by atoms with Gasteiger partial charge in [0.15, 0.2) is 0 Å². The Morgan fingerprint density at radius 3 is 2.40 bits per heavy atom. The molecule has 1 heterocycles. The molecular weight excluding hydrogens is 144 g/mol. The minimum atomic E-state index is 0.176. The smallest absolute Gasteiger partial charge is 0.125 e. The van der Waals surface area contributed by atoms with E-state index in [0.717, 1.165) is 10.4 Å². The molecule has 0 aromatic carbocycles. The number of aliphatic hydroxyl groups is 1. The van der Waals surface area contributed by atoms with Crippen LogP contribution in [0.2, 0.25) is 0 Å². The highest BCUT2D eigenvalue weighted by Gasteiger charge is 2.03. The molecule has 0 atom stereocenters. The topological polar surface area (TPSA) is 20.2 Å². The molecule has 1 nitrogen and oxygen atoms in total. The van der Waals surface area contributed by atoms with Gasteiger partial charge in [0.05, 0.1) is 4.88 Å². The predicted molar refractivity (Wildman–Crippen MR) is 45.5 cm³/mol. The van der Waals surface area contributed by atoms with E-state index in [4.69, 9.17) is 5.11 Å². The predicted octanol–water partition coefficient (Wildman–Crippen LogP) is 2.89. The van der Waals surface area contributed by atoms with Crippen molar-refractivity contribution in [1.29, 1.82) is 0 Å². The number of aryl methyl sites for hydroxylation is 2. The van der Waals surface area contributed by atoms with Gasteiger partial charge < -0.3 is 5.11 Å². The standard InChI is InChI=1S/C8H10OS/c1-5-4-6(2)10-8(5)7(3)9/h4,9H,3H2,1-2H3. The molecule has 0 saturated heterocycles. The van der Waals surface area contributed by atoms with Crippen molar-refractivity contribution >= 4 is 17.1 Å². The van der Waals surface area contributed by atoms with Gasteiger partial charge in [0.2, 0.25) is 0 Å². The molecule has 1 N–H and O–H groups in total. The molecule has 0 aliphatic carbocycles. The summed E-state index contributed by atoms with van der Waals surface area (Å²) in [6.07, 6.45) is 0. The van der Waals surface area contributed by atoms with Crippen LogP contribution in [0.15, 0.2) is 12.6 Å². The second-order valence-corrected chi connectivity index (χ2v) is 3.57. The van der Waals surface area contributed by atoms with Gasteiger partial charge in [-0.1, -0.05) is 6.58 Å². The fraction of sp³-hybridized carbons (Fsp3) is 0.250. The average molecular weight is 154 g/mol. The zero-order valence-electron chi connectivity index (χ0n) is 6.14.